The standard InChI is InChI=1S/C21H15N3O4S/c25-21(29(26)24-19-12-13-27-23-19)17-8-11-20(22-14-17)28-18-9-6-16(7-10-18)15-4-2-1-3-5-15/h1-14H,(H,23,24). The molecule has 144 valence electrons. The van der Waals surface area contributed by atoms with Crippen LogP contribution in [0.5, 0.6) is 11.6 Å². The number of hydrogen-bond donors (Lipinski definition) is 1. The van der Waals surface area contributed by atoms with E-state index in [1.165, 1.54) is 24.6 Å². The predicted molar refractivity (Wildman–Crippen MR) is 109 cm³/mol. The smallest absolute Gasteiger partial charge is 0.271 e. The summed E-state index contributed by atoms with van der Waals surface area (Å²) in [6.07, 6.45) is 2.63. The molecule has 29 heavy (non-hydrogen) atoms. The second-order valence-corrected chi connectivity index (χ2v) is 7.03. The lowest BCUT2D eigenvalue weighted by Gasteiger charge is -2.07. The Morgan fingerprint density at radius 2 is 1.69 bits per heavy atom. The topological polar surface area (TPSA) is 94.3 Å². The maximum absolute atomic E-state index is 12.2. The Kier molecular flexibility index (Phi) is 5.44. The minimum absolute atomic E-state index is 0.186. The molecule has 1 unspecified atom stereocenters. The van der Waals surface area contributed by atoms with Gasteiger partial charge in [0.2, 0.25) is 5.88 Å². The highest BCUT2D eigenvalue weighted by atomic mass is 32.2. The third-order valence-corrected chi connectivity index (χ3v) is 4.93. The fourth-order valence-electron chi connectivity index (χ4n) is 2.54. The van der Waals surface area contributed by atoms with Gasteiger partial charge in [0.1, 0.15) is 12.0 Å². The van der Waals surface area contributed by atoms with Gasteiger partial charge in [0.15, 0.2) is 16.8 Å². The zero-order valence-electron chi connectivity index (χ0n) is 15.0. The summed E-state index contributed by atoms with van der Waals surface area (Å²) in [6.45, 7) is 0. The van der Waals surface area contributed by atoms with Crippen LogP contribution < -0.4 is 9.46 Å². The van der Waals surface area contributed by atoms with E-state index in [0.29, 0.717) is 11.6 Å². The number of ether oxygens (including phenoxy) is 1. The van der Waals surface area contributed by atoms with E-state index in [0.717, 1.165) is 11.1 Å². The van der Waals surface area contributed by atoms with Gasteiger partial charge in [-0.2, -0.15) is 0 Å². The molecule has 0 fully saturated rings. The number of carbonyl (C=O) groups is 1. The van der Waals surface area contributed by atoms with Crippen molar-refractivity contribution in [1.82, 2.24) is 10.1 Å². The minimum atomic E-state index is -2.00. The summed E-state index contributed by atoms with van der Waals surface area (Å²) in [4.78, 5) is 16.3. The molecule has 0 bridgehead atoms. The van der Waals surface area contributed by atoms with Crippen LogP contribution >= 0.6 is 0 Å². The van der Waals surface area contributed by atoms with Gasteiger partial charge in [-0.05, 0) is 29.3 Å². The lowest BCUT2D eigenvalue weighted by atomic mass is 10.1. The summed E-state index contributed by atoms with van der Waals surface area (Å²) >= 11 is 0. The van der Waals surface area contributed by atoms with Gasteiger partial charge >= 0.3 is 0 Å². The average molecular weight is 405 g/mol. The third kappa shape index (κ3) is 4.56. The Bertz CT molecular complexity index is 1110. The molecule has 0 saturated carbocycles. The summed E-state index contributed by atoms with van der Waals surface area (Å²) in [7, 11) is -2.00. The number of aromatic nitrogens is 2. The molecule has 2 aromatic heterocycles. The highest BCUT2D eigenvalue weighted by Gasteiger charge is 2.16. The van der Waals surface area contributed by atoms with Gasteiger partial charge in [-0.1, -0.05) is 47.6 Å². The molecular weight excluding hydrogens is 390 g/mol. The summed E-state index contributed by atoms with van der Waals surface area (Å²) in [5.74, 6) is 1.15. The molecule has 4 rings (SSSR count). The second kappa shape index (κ2) is 8.49. The molecule has 8 heteroatoms. The molecule has 0 aliphatic heterocycles. The predicted octanol–water partition coefficient (Wildman–Crippen LogP) is 4.44. The van der Waals surface area contributed by atoms with E-state index < -0.39 is 16.1 Å². The summed E-state index contributed by atoms with van der Waals surface area (Å²) in [6, 6.07) is 22.1. The number of hydrogen-bond acceptors (Lipinski definition) is 6. The van der Waals surface area contributed by atoms with Gasteiger partial charge in [-0.15, -0.1) is 0 Å². The van der Waals surface area contributed by atoms with Gasteiger partial charge in [0.05, 0.1) is 5.56 Å². The molecule has 2 heterocycles. The molecule has 1 N–H and O–H groups in total. The lowest BCUT2D eigenvalue weighted by molar-refractivity contribution is 0.108. The maximum Gasteiger partial charge on any atom is 0.271 e. The van der Waals surface area contributed by atoms with Crippen molar-refractivity contribution < 1.29 is 18.3 Å². The van der Waals surface area contributed by atoms with E-state index in [-0.39, 0.29) is 11.4 Å². The van der Waals surface area contributed by atoms with Crippen LogP contribution in [0.25, 0.3) is 11.1 Å². The van der Waals surface area contributed by atoms with Crippen LogP contribution in [0.1, 0.15) is 10.4 Å². The van der Waals surface area contributed by atoms with Crippen molar-refractivity contribution in [3.8, 4) is 22.8 Å². The van der Waals surface area contributed by atoms with Crippen LogP contribution in [0.15, 0.2) is 89.8 Å². The zero-order chi connectivity index (χ0) is 20.1. The minimum Gasteiger partial charge on any atom is -0.439 e. The van der Waals surface area contributed by atoms with E-state index in [4.69, 9.17) is 4.74 Å². The average Bonchev–Trinajstić information content (AvgIpc) is 3.28. The Morgan fingerprint density at radius 3 is 2.34 bits per heavy atom. The third-order valence-electron chi connectivity index (χ3n) is 3.96. The normalized spacial score (nSPS) is 11.6. The Morgan fingerprint density at radius 1 is 0.931 bits per heavy atom. The lowest BCUT2D eigenvalue weighted by Crippen LogP contribution is -2.16. The molecule has 1 atom stereocenters. The zero-order valence-corrected chi connectivity index (χ0v) is 15.8. The molecule has 0 aliphatic carbocycles. The van der Waals surface area contributed by atoms with E-state index in [1.807, 2.05) is 54.6 Å². The fraction of sp³-hybridized carbons (Fsp3) is 0. The summed E-state index contributed by atoms with van der Waals surface area (Å²) in [5, 5.41) is 2.93. The van der Waals surface area contributed by atoms with Crippen LogP contribution in [-0.4, -0.2) is 19.5 Å². The first kappa shape index (κ1) is 18.6. The number of carbonyl (C=O) groups excluding carboxylic acids is 1. The molecule has 4 aromatic rings. The molecule has 7 nitrogen and oxygen atoms in total. The SMILES string of the molecule is O=C(c1ccc(Oc2ccc(-c3ccccc3)cc2)nc1)S(=O)Nc1ccon1. The quantitative estimate of drug-likeness (QED) is 0.509. The first-order valence-corrected chi connectivity index (χ1v) is 9.76. The Balaban J connectivity index is 1.40. The first-order chi connectivity index (χ1) is 14.2. The molecule has 0 saturated heterocycles. The Labute approximate surface area is 168 Å². The Hall–Kier alpha value is -3.78. The van der Waals surface area contributed by atoms with Gasteiger partial charge in [-0.25, -0.2) is 9.19 Å². The highest BCUT2D eigenvalue weighted by Crippen LogP contribution is 2.25. The monoisotopic (exact) mass is 405 g/mol. The second-order valence-electron chi connectivity index (χ2n) is 5.92. The van der Waals surface area contributed by atoms with Crippen molar-refractivity contribution in [1.29, 1.82) is 0 Å². The van der Waals surface area contributed by atoms with Gasteiger partial charge in [0.25, 0.3) is 5.12 Å². The molecule has 0 spiro atoms. The van der Waals surface area contributed by atoms with E-state index in [2.05, 4.69) is 19.4 Å². The van der Waals surface area contributed by atoms with Crippen molar-refractivity contribution >= 4 is 21.9 Å². The highest BCUT2D eigenvalue weighted by molar-refractivity contribution is 8.02. The van der Waals surface area contributed by atoms with Crippen LogP contribution in [0.3, 0.4) is 0 Å². The van der Waals surface area contributed by atoms with E-state index in [1.54, 1.807) is 6.07 Å². The van der Waals surface area contributed by atoms with Crippen LogP contribution in [0.4, 0.5) is 5.82 Å². The van der Waals surface area contributed by atoms with Crippen LogP contribution in [-0.2, 0) is 11.0 Å². The number of rotatable bonds is 6. The van der Waals surface area contributed by atoms with Gasteiger partial charge in [0, 0.05) is 18.3 Å². The summed E-state index contributed by atoms with van der Waals surface area (Å²) < 4.78 is 24.8. The molecule has 0 aliphatic rings. The number of benzene rings is 2. The number of pyridine rings is 1. The van der Waals surface area contributed by atoms with E-state index >= 15 is 0 Å². The first-order valence-electron chi connectivity index (χ1n) is 8.61. The van der Waals surface area contributed by atoms with Crippen molar-refractivity contribution in [3.05, 3.63) is 90.8 Å². The molecular formula is C21H15N3O4S. The maximum atomic E-state index is 12.2. The number of nitrogens with zero attached hydrogens (tertiary/aromatic N) is 2. The fourth-order valence-corrected chi connectivity index (χ4v) is 3.26. The number of nitrogens with one attached hydrogen (secondary N) is 1. The van der Waals surface area contributed by atoms with Crippen LogP contribution in [0.2, 0.25) is 0 Å². The molecule has 0 radical (unpaired) electrons. The van der Waals surface area contributed by atoms with E-state index in [9.17, 15) is 9.00 Å². The summed E-state index contributed by atoms with van der Waals surface area (Å²) in [5.41, 5.74) is 2.38. The largest absolute Gasteiger partial charge is 0.439 e. The van der Waals surface area contributed by atoms with Crippen molar-refractivity contribution in [3.63, 3.8) is 0 Å². The van der Waals surface area contributed by atoms with Crippen molar-refractivity contribution in [2.75, 3.05) is 4.72 Å². The molecule has 2 aromatic carbocycles. The van der Waals surface area contributed by atoms with Crippen LogP contribution in [0, 0.1) is 0 Å². The molecule has 0 amide bonds. The van der Waals surface area contributed by atoms with Gasteiger partial charge < -0.3 is 9.26 Å². The van der Waals surface area contributed by atoms with Crippen molar-refractivity contribution in [2.24, 2.45) is 0 Å². The van der Waals surface area contributed by atoms with Crippen molar-refractivity contribution in [2.45, 2.75) is 0 Å². The number of anilines is 1. The van der Waals surface area contributed by atoms with Gasteiger partial charge in [-0.3, -0.25) is 9.52 Å².